The predicted molar refractivity (Wildman–Crippen MR) is 82.7 cm³/mol. The smallest absolute Gasteiger partial charge is 0.252 e. The van der Waals surface area contributed by atoms with E-state index in [1.54, 1.807) is 0 Å². The summed E-state index contributed by atoms with van der Waals surface area (Å²) in [4.78, 5) is 12.3. The number of nitrogens with one attached hydrogen (secondary N) is 1. The molecule has 1 N–H and O–H groups in total. The fraction of sp³-hybridized carbons (Fsp3) is 0.167. The van der Waals surface area contributed by atoms with Gasteiger partial charge in [0.1, 0.15) is 0 Å². The summed E-state index contributed by atoms with van der Waals surface area (Å²) in [7, 11) is 0. The van der Waals surface area contributed by atoms with E-state index in [1.165, 1.54) is 0 Å². The summed E-state index contributed by atoms with van der Waals surface area (Å²) in [6, 6.07) is 12.1. The molecular weight excluding hydrogens is 246 g/mol. The molecule has 0 aromatic heterocycles. The minimum absolute atomic E-state index is 0.00514. The highest BCUT2D eigenvalue weighted by Crippen LogP contribution is 2.41. The zero-order chi connectivity index (χ0) is 14.2. The van der Waals surface area contributed by atoms with E-state index in [9.17, 15) is 4.79 Å². The van der Waals surface area contributed by atoms with Gasteiger partial charge >= 0.3 is 0 Å². The van der Waals surface area contributed by atoms with Crippen molar-refractivity contribution >= 4 is 16.7 Å². The molecule has 0 unspecified atom stereocenters. The molecule has 2 aromatic carbocycles. The lowest BCUT2D eigenvalue weighted by Gasteiger charge is -2.29. The number of hydrogen-bond acceptors (Lipinski definition) is 1. The molecule has 2 aromatic rings. The van der Waals surface area contributed by atoms with Crippen LogP contribution in [-0.2, 0) is 5.54 Å². The quantitative estimate of drug-likeness (QED) is 0.832. The molecule has 1 aliphatic heterocycles. The van der Waals surface area contributed by atoms with Crippen molar-refractivity contribution in [2.45, 2.75) is 18.4 Å². The third-order valence-electron chi connectivity index (χ3n) is 3.99. The van der Waals surface area contributed by atoms with Crippen LogP contribution in [0.2, 0.25) is 0 Å². The van der Waals surface area contributed by atoms with Crippen LogP contribution in [0.5, 0.6) is 0 Å². The maximum Gasteiger partial charge on any atom is 0.252 e. The van der Waals surface area contributed by atoms with Gasteiger partial charge in [0.2, 0.25) is 0 Å². The molecular formula is C18H17NO. The highest BCUT2D eigenvalue weighted by atomic mass is 16.2. The third-order valence-corrected chi connectivity index (χ3v) is 3.99. The van der Waals surface area contributed by atoms with E-state index in [-0.39, 0.29) is 5.91 Å². The second kappa shape index (κ2) is 4.64. The van der Waals surface area contributed by atoms with Gasteiger partial charge in [0, 0.05) is 5.56 Å². The van der Waals surface area contributed by atoms with Gasteiger partial charge < -0.3 is 5.32 Å². The molecule has 0 saturated carbocycles. The van der Waals surface area contributed by atoms with Crippen LogP contribution >= 0.6 is 0 Å². The van der Waals surface area contributed by atoms with Crippen LogP contribution in [0.3, 0.4) is 0 Å². The standard InChI is InChI=1S/C18H17NO/c1-3-11-18(12-4-2)16-14-8-6-5-7-13(14)9-10-15(16)17(20)19-18/h3-10H,1-2,11-12H2,(H,19,20). The topological polar surface area (TPSA) is 29.1 Å². The van der Waals surface area contributed by atoms with E-state index in [0.717, 1.165) is 21.9 Å². The minimum Gasteiger partial charge on any atom is -0.342 e. The van der Waals surface area contributed by atoms with E-state index in [0.29, 0.717) is 12.8 Å². The van der Waals surface area contributed by atoms with Crippen molar-refractivity contribution in [3.05, 3.63) is 72.8 Å². The highest BCUT2D eigenvalue weighted by molar-refractivity contribution is 6.06. The molecule has 2 heteroatoms. The Morgan fingerprint density at radius 3 is 2.45 bits per heavy atom. The number of amides is 1. The Labute approximate surface area is 118 Å². The van der Waals surface area contributed by atoms with Gasteiger partial charge in [-0.1, -0.05) is 42.5 Å². The first-order chi connectivity index (χ1) is 9.72. The molecule has 1 heterocycles. The van der Waals surface area contributed by atoms with Crippen LogP contribution in [0.4, 0.5) is 0 Å². The maximum absolute atomic E-state index is 12.3. The fourth-order valence-electron chi connectivity index (χ4n) is 3.21. The van der Waals surface area contributed by atoms with Gasteiger partial charge in [0.25, 0.3) is 5.91 Å². The Morgan fingerprint density at radius 1 is 1.05 bits per heavy atom. The van der Waals surface area contributed by atoms with Gasteiger partial charge in [-0.3, -0.25) is 4.79 Å². The van der Waals surface area contributed by atoms with Gasteiger partial charge in [-0.25, -0.2) is 0 Å². The number of benzene rings is 2. The number of carbonyl (C=O) groups excluding carboxylic acids is 1. The number of fused-ring (bicyclic) bond motifs is 3. The van der Waals surface area contributed by atoms with Crippen molar-refractivity contribution in [3.8, 4) is 0 Å². The van der Waals surface area contributed by atoms with Crippen molar-refractivity contribution in [2.75, 3.05) is 0 Å². The Kier molecular flexibility index (Phi) is 2.94. The molecule has 1 aliphatic rings. The molecule has 0 saturated heterocycles. The zero-order valence-electron chi connectivity index (χ0n) is 11.4. The normalized spacial score (nSPS) is 15.7. The second-order valence-corrected chi connectivity index (χ2v) is 5.23. The van der Waals surface area contributed by atoms with E-state index in [2.05, 4.69) is 30.6 Å². The summed E-state index contributed by atoms with van der Waals surface area (Å²) in [5.41, 5.74) is 1.45. The molecule has 0 bridgehead atoms. The van der Waals surface area contributed by atoms with Crippen molar-refractivity contribution in [2.24, 2.45) is 0 Å². The van der Waals surface area contributed by atoms with Gasteiger partial charge in [-0.05, 0) is 35.2 Å². The minimum atomic E-state index is -0.406. The van der Waals surface area contributed by atoms with Crippen molar-refractivity contribution in [3.63, 3.8) is 0 Å². The van der Waals surface area contributed by atoms with Crippen LogP contribution in [0.1, 0.15) is 28.8 Å². The lowest BCUT2D eigenvalue weighted by atomic mass is 9.81. The van der Waals surface area contributed by atoms with Gasteiger partial charge in [0.05, 0.1) is 5.54 Å². The SMILES string of the molecule is C=CCC1(CC=C)NC(=O)c2ccc3ccccc3c21. The molecule has 0 atom stereocenters. The predicted octanol–water partition coefficient (Wildman–Crippen LogP) is 3.93. The first-order valence-corrected chi connectivity index (χ1v) is 6.78. The molecule has 2 nitrogen and oxygen atoms in total. The monoisotopic (exact) mass is 263 g/mol. The van der Waals surface area contributed by atoms with Crippen LogP contribution < -0.4 is 5.32 Å². The zero-order valence-corrected chi connectivity index (χ0v) is 11.4. The second-order valence-electron chi connectivity index (χ2n) is 5.23. The molecule has 0 spiro atoms. The van der Waals surface area contributed by atoms with Crippen LogP contribution in [0.25, 0.3) is 10.8 Å². The highest BCUT2D eigenvalue weighted by Gasteiger charge is 2.42. The lowest BCUT2D eigenvalue weighted by molar-refractivity contribution is 0.0930. The Bertz CT molecular complexity index is 704. The van der Waals surface area contributed by atoms with E-state index in [1.807, 2.05) is 36.4 Å². The average molecular weight is 263 g/mol. The van der Waals surface area contributed by atoms with Gasteiger partial charge in [0.15, 0.2) is 0 Å². The summed E-state index contributed by atoms with van der Waals surface area (Å²) in [6.45, 7) is 7.69. The summed E-state index contributed by atoms with van der Waals surface area (Å²) in [6.07, 6.45) is 5.12. The fourth-order valence-corrected chi connectivity index (χ4v) is 3.21. The average Bonchev–Trinajstić information content (AvgIpc) is 2.73. The van der Waals surface area contributed by atoms with Crippen molar-refractivity contribution < 1.29 is 4.79 Å². The molecule has 20 heavy (non-hydrogen) atoms. The lowest BCUT2D eigenvalue weighted by Crippen LogP contribution is -2.38. The first-order valence-electron chi connectivity index (χ1n) is 6.78. The van der Waals surface area contributed by atoms with Crippen LogP contribution in [-0.4, -0.2) is 5.91 Å². The summed E-state index contributed by atoms with van der Waals surface area (Å²) in [5.74, 6) is -0.00514. The van der Waals surface area contributed by atoms with E-state index in [4.69, 9.17) is 0 Å². The number of rotatable bonds is 4. The first kappa shape index (κ1) is 12.7. The molecule has 1 amide bonds. The molecule has 0 fully saturated rings. The Balaban J connectivity index is 2.35. The van der Waals surface area contributed by atoms with Crippen LogP contribution in [0.15, 0.2) is 61.7 Å². The van der Waals surface area contributed by atoms with Crippen molar-refractivity contribution in [1.82, 2.24) is 5.32 Å². The maximum atomic E-state index is 12.3. The van der Waals surface area contributed by atoms with E-state index >= 15 is 0 Å². The molecule has 0 radical (unpaired) electrons. The summed E-state index contributed by atoms with van der Waals surface area (Å²) < 4.78 is 0. The molecule has 100 valence electrons. The molecule has 0 aliphatic carbocycles. The Morgan fingerprint density at radius 2 is 1.75 bits per heavy atom. The van der Waals surface area contributed by atoms with Gasteiger partial charge in [-0.2, -0.15) is 0 Å². The van der Waals surface area contributed by atoms with Crippen molar-refractivity contribution in [1.29, 1.82) is 0 Å². The third kappa shape index (κ3) is 1.68. The van der Waals surface area contributed by atoms with Gasteiger partial charge in [-0.15, -0.1) is 13.2 Å². The Hall–Kier alpha value is -2.35. The molecule has 3 rings (SSSR count). The summed E-state index contributed by atoms with van der Waals surface area (Å²) in [5, 5.41) is 5.43. The summed E-state index contributed by atoms with van der Waals surface area (Å²) >= 11 is 0. The number of hydrogen-bond donors (Lipinski definition) is 1. The number of carbonyl (C=O) groups is 1. The largest absolute Gasteiger partial charge is 0.342 e. The van der Waals surface area contributed by atoms with E-state index < -0.39 is 5.54 Å². The van der Waals surface area contributed by atoms with Crippen LogP contribution in [0, 0.1) is 0 Å².